The highest BCUT2D eigenvalue weighted by molar-refractivity contribution is 8.00. The third kappa shape index (κ3) is 3.30. The second-order valence-corrected chi connectivity index (χ2v) is 6.11. The van der Waals surface area contributed by atoms with Gasteiger partial charge in [-0.2, -0.15) is 11.8 Å². The van der Waals surface area contributed by atoms with Gasteiger partial charge in [-0.05, 0) is 38.9 Å². The van der Waals surface area contributed by atoms with Crippen LogP contribution in [0.15, 0.2) is 0 Å². The Morgan fingerprint density at radius 1 is 1.50 bits per heavy atom. The standard InChI is InChI=1S/C10H19NOS.ClH/c1-10(2)7-12-9(11-10)6-8-4-3-5-13-8;/h8-9,11H,3-7H2,1-2H3;1H. The van der Waals surface area contributed by atoms with Crippen LogP contribution in [0.3, 0.4) is 0 Å². The Morgan fingerprint density at radius 2 is 2.29 bits per heavy atom. The first-order valence-corrected chi connectivity index (χ1v) is 6.21. The average molecular weight is 238 g/mol. The van der Waals surface area contributed by atoms with Crippen LogP contribution in [-0.2, 0) is 4.74 Å². The minimum absolute atomic E-state index is 0. The monoisotopic (exact) mass is 237 g/mol. The Balaban J connectivity index is 0.000000980. The summed E-state index contributed by atoms with van der Waals surface area (Å²) < 4.78 is 5.71. The van der Waals surface area contributed by atoms with E-state index in [1.807, 2.05) is 0 Å². The van der Waals surface area contributed by atoms with Gasteiger partial charge in [0.2, 0.25) is 0 Å². The van der Waals surface area contributed by atoms with Crippen LogP contribution >= 0.6 is 24.2 Å². The largest absolute Gasteiger partial charge is 0.361 e. The number of hydrogen-bond acceptors (Lipinski definition) is 3. The topological polar surface area (TPSA) is 21.3 Å². The summed E-state index contributed by atoms with van der Waals surface area (Å²) >= 11 is 2.11. The zero-order valence-electron chi connectivity index (χ0n) is 8.91. The third-order valence-corrected chi connectivity index (χ3v) is 4.12. The molecule has 2 saturated heterocycles. The van der Waals surface area contributed by atoms with E-state index in [1.165, 1.54) is 25.0 Å². The Kier molecular flexibility index (Phi) is 4.56. The molecule has 4 heteroatoms. The number of rotatable bonds is 2. The van der Waals surface area contributed by atoms with E-state index in [-0.39, 0.29) is 17.9 Å². The molecule has 0 aromatic rings. The van der Waals surface area contributed by atoms with Gasteiger partial charge in [0.15, 0.2) is 0 Å². The molecular formula is C10H20ClNOS. The molecule has 2 rings (SSSR count). The molecule has 2 nitrogen and oxygen atoms in total. The van der Waals surface area contributed by atoms with Crippen LogP contribution in [0.1, 0.15) is 33.1 Å². The fraction of sp³-hybridized carbons (Fsp3) is 1.00. The molecule has 0 saturated carbocycles. The lowest BCUT2D eigenvalue weighted by molar-refractivity contribution is 0.0913. The highest BCUT2D eigenvalue weighted by Crippen LogP contribution is 2.31. The van der Waals surface area contributed by atoms with Crippen molar-refractivity contribution >= 4 is 24.2 Å². The van der Waals surface area contributed by atoms with E-state index in [0.29, 0.717) is 6.23 Å². The lowest BCUT2D eigenvalue weighted by Gasteiger charge is -2.18. The van der Waals surface area contributed by atoms with Crippen LogP contribution in [0.4, 0.5) is 0 Å². The molecule has 2 aliphatic rings. The quantitative estimate of drug-likeness (QED) is 0.797. The molecule has 0 radical (unpaired) electrons. The van der Waals surface area contributed by atoms with Crippen LogP contribution in [0, 0.1) is 0 Å². The van der Waals surface area contributed by atoms with E-state index in [4.69, 9.17) is 4.74 Å². The molecule has 0 aliphatic carbocycles. The maximum atomic E-state index is 5.71. The lowest BCUT2D eigenvalue weighted by Crippen LogP contribution is -2.39. The molecule has 0 amide bonds. The molecule has 0 aromatic heterocycles. The molecule has 2 aliphatic heterocycles. The molecule has 0 bridgehead atoms. The Bertz CT molecular complexity index is 183. The van der Waals surface area contributed by atoms with Gasteiger partial charge in [-0.15, -0.1) is 12.4 Å². The molecule has 14 heavy (non-hydrogen) atoms. The summed E-state index contributed by atoms with van der Waals surface area (Å²) in [4.78, 5) is 0. The van der Waals surface area contributed by atoms with Gasteiger partial charge in [0.1, 0.15) is 6.23 Å². The summed E-state index contributed by atoms with van der Waals surface area (Å²) in [5, 5.41) is 4.36. The predicted molar refractivity (Wildman–Crippen MR) is 64.3 cm³/mol. The molecule has 2 fully saturated rings. The minimum Gasteiger partial charge on any atom is -0.361 e. The van der Waals surface area contributed by atoms with Crippen molar-refractivity contribution in [2.24, 2.45) is 0 Å². The molecular weight excluding hydrogens is 218 g/mol. The van der Waals surface area contributed by atoms with Crippen LogP contribution in [0.2, 0.25) is 0 Å². The Morgan fingerprint density at radius 3 is 2.79 bits per heavy atom. The Labute approximate surface area is 97.0 Å². The molecule has 0 spiro atoms. The normalized spacial score (nSPS) is 35.6. The van der Waals surface area contributed by atoms with Gasteiger partial charge in [0.05, 0.1) is 6.61 Å². The summed E-state index contributed by atoms with van der Waals surface area (Å²) in [6.45, 7) is 5.26. The van der Waals surface area contributed by atoms with E-state index in [0.717, 1.165) is 11.9 Å². The van der Waals surface area contributed by atoms with Crippen molar-refractivity contribution in [2.75, 3.05) is 12.4 Å². The smallest absolute Gasteiger partial charge is 0.109 e. The fourth-order valence-electron chi connectivity index (χ4n) is 2.02. The van der Waals surface area contributed by atoms with E-state index in [9.17, 15) is 0 Å². The third-order valence-electron chi connectivity index (χ3n) is 2.70. The summed E-state index contributed by atoms with van der Waals surface area (Å²) in [7, 11) is 0. The van der Waals surface area contributed by atoms with Crippen molar-refractivity contribution in [3.05, 3.63) is 0 Å². The first-order valence-electron chi connectivity index (χ1n) is 5.17. The van der Waals surface area contributed by atoms with E-state index in [2.05, 4.69) is 30.9 Å². The van der Waals surface area contributed by atoms with Crippen molar-refractivity contribution in [2.45, 2.75) is 50.1 Å². The summed E-state index contributed by atoms with van der Waals surface area (Å²) in [6.07, 6.45) is 4.28. The van der Waals surface area contributed by atoms with Crippen LogP contribution in [0.25, 0.3) is 0 Å². The van der Waals surface area contributed by atoms with Gasteiger partial charge in [0, 0.05) is 10.8 Å². The highest BCUT2D eigenvalue weighted by Gasteiger charge is 2.32. The van der Waals surface area contributed by atoms with Gasteiger partial charge in [-0.1, -0.05) is 0 Å². The zero-order chi connectivity index (χ0) is 9.31. The van der Waals surface area contributed by atoms with E-state index >= 15 is 0 Å². The maximum Gasteiger partial charge on any atom is 0.109 e. The molecule has 2 atom stereocenters. The van der Waals surface area contributed by atoms with Crippen LogP contribution < -0.4 is 5.32 Å². The number of thioether (sulfide) groups is 1. The van der Waals surface area contributed by atoms with Crippen molar-refractivity contribution in [3.63, 3.8) is 0 Å². The summed E-state index contributed by atoms with van der Waals surface area (Å²) in [5.74, 6) is 1.35. The van der Waals surface area contributed by atoms with Gasteiger partial charge in [0.25, 0.3) is 0 Å². The summed E-state index contributed by atoms with van der Waals surface area (Å²) in [6, 6.07) is 0. The van der Waals surface area contributed by atoms with E-state index < -0.39 is 0 Å². The SMILES string of the molecule is CC1(C)COC(CC2CCCS2)N1.Cl. The first kappa shape index (κ1) is 12.6. The second kappa shape index (κ2) is 5.06. The molecule has 1 N–H and O–H groups in total. The van der Waals surface area contributed by atoms with Gasteiger partial charge in [-0.3, -0.25) is 5.32 Å². The number of halogens is 1. The number of ether oxygens (including phenoxy) is 1. The summed E-state index contributed by atoms with van der Waals surface area (Å²) in [5.41, 5.74) is 0.188. The van der Waals surface area contributed by atoms with Gasteiger partial charge < -0.3 is 4.74 Å². The Hall–Kier alpha value is 0.560. The van der Waals surface area contributed by atoms with Crippen molar-refractivity contribution < 1.29 is 4.74 Å². The van der Waals surface area contributed by atoms with Crippen molar-refractivity contribution in [3.8, 4) is 0 Å². The second-order valence-electron chi connectivity index (χ2n) is 4.70. The van der Waals surface area contributed by atoms with Crippen molar-refractivity contribution in [1.29, 1.82) is 0 Å². The molecule has 2 heterocycles. The van der Waals surface area contributed by atoms with Gasteiger partial charge >= 0.3 is 0 Å². The fourth-order valence-corrected chi connectivity index (χ4v) is 3.33. The van der Waals surface area contributed by atoms with Crippen molar-refractivity contribution in [1.82, 2.24) is 5.32 Å². The maximum absolute atomic E-state index is 5.71. The highest BCUT2D eigenvalue weighted by atomic mass is 35.5. The molecule has 2 unspecified atom stereocenters. The minimum atomic E-state index is 0. The average Bonchev–Trinajstić information content (AvgIpc) is 2.61. The number of nitrogens with one attached hydrogen (secondary N) is 1. The number of hydrogen-bond donors (Lipinski definition) is 1. The predicted octanol–water partition coefficient (Wildman–Crippen LogP) is 2.42. The zero-order valence-corrected chi connectivity index (χ0v) is 10.5. The van der Waals surface area contributed by atoms with Gasteiger partial charge in [-0.25, -0.2) is 0 Å². The van der Waals surface area contributed by atoms with E-state index in [1.54, 1.807) is 0 Å². The van der Waals surface area contributed by atoms with Crippen LogP contribution in [0.5, 0.6) is 0 Å². The molecule has 0 aromatic carbocycles. The lowest BCUT2D eigenvalue weighted by atomic mass is 10.1. The van der Waals surface area contributed by atoms with Crippen LogP contribution in [-0.4, -0.2) is 29.4 Å². The first-order chi connectivity index (χ1) is 6.16. The molecule has 84 valence electrons.